The third-order valence-electron chi connectivity index (χ3n) is 3.92. The van der Waals surface area contributed by atoms with E-state index in [1.54, 1.807) is 0 Å². The van der Waals surface area contributed by atoms with Crippen LogP contribution in [0.4, 0.5) is 5.69 Å². The Morgan fingerprint density at radius 3 is 2.59 bits per heavy atom. The predicted octanol–water partition coefficient (Wildman–Crippen LogP) is 3.71. The Morgan fingerprint density at radius 2 is 1.78 bits per heavy atom. The Bertz CT molecular complexity index is 641. The van der Waals surface area contributed by atoms with Crippen LogP contribution in [0.25, 0.3) is 0 Å². The molecule has 0 saturated heterocycles. The number of benzene rings is 2. The number of anilines is 1. The van der Waals surface area contributed by atoms with Crippen molar-refractivity contribution >= 4 is 17.3 Å². The molecular weight excluding hydrogens is 364 g/mol. The van der Waals surface area contributed by atoms with Crippen molar-refractivity contribution < 1.29 is 14.6 Å². The molecule has 3 N–H and O–H groups in total. The number of ether oxygens (including phenoxy) is 2. The number of hydrogen-bond donors (Lipinski definition) is 3. The van der Waals surface area contributed by atoms with Gasteiger partial charge in [0, 0.05) is 25.4 Å². The zero-order chi connectivity index (χ0) is 19.2. The van der Waals surface area contributed by atoms with Crippen molar-refractivity contribution in [2.24, 2.45) is 0 Å². The summed E-state index contributed by atoms with van der Waals surface area (Å²) in [5, 5.41) is 16.1. The molecule has 2 aromatic carbocycles. The molecule has 0 aliphatic heterocycles. The summed E-state index contributed by atoms with van der Waals surface area (Å²) in [6.07, 6.45) is 2.09. The molecule has 0 fully saturated rings. The van der Waals surface area contributed by atoms with E-state index < -0.39 is 0 Å². The van der Waals surface area contributed by atoms with Crippen molar-refractivity contribution in [2.45, 2.75) is 19.4 Å². The van der Waals surface area contributed by atoms with Gasteiger partial charge in [-0.2, -0.15) is 0 Å². The van der Waals surface area contributed by atoms with Crippen LogP contribution in [0.1, 0.15) is 18.4 Å². The molecule has 148 valence electrons. The third kappa shape index (κ3) is 9.11. The average molecular weight is 393 g/mol. The van der Waals surface area contributed by atoms with E-state index in [9.17, 15) is 0 Å². The lowest BCUT2D eigenvalue weighted by Crippen LogP contribution is -2.16. The minimum atomic E-state index is -0.0246. The van der Waals surface area contributed by atoms with Crippen LogP contribution in [0.5, 0.6) is 5.75 Å². The summed E-state index contributed by atoms with van der Waals surface area (Å²) < 4.78 is 11.1. The van der Waals surface area contributed by atoms with Gasteiger partial charge in [-0.3, -0.25) is 0 Å². The van der Waals surface area contributed by atoms with E-state index in [-0.39, 0.29) is 13.2 Å². The summed E-state index contributed by atoms with van der Waals surface area (Å²) in [5.41, 5.74) is 2.23. The Morgan fingerprint density at radius 1 is 0.926 bits per heavy atom. The first-order valence-electron chi connectivity index (χ1n) is 9.39. The molecule has 0 radical (unpaired) electrons. The van der Waals surface area contributed by atoms with Crippen molar-refractivity contribution in [3.8, 4) is 5.75 Å². The van der Waals surface area contributed by atoms with Crippen molar-refractivity contribution in [2.75, 3.05) is 44.8 Å². The molecule has 27 heavy (non-hydrogen) atoms. The van der Waals surface area contributed by atoms with Gasteiger partial charge in [0.05, 0.1) is 18.2 Å². The summed E-state index contributed by atoms with van der Waals surface area (Å²) in [5.74, 6) is 0.613. The lowest BCUT2D eigenvalue weighted by molar-refractivity contribution is 0.140. The first-order chi connectivity index (χ1) is 13.3. The fraction of sp³-hybridized carbons (Fsp3) is 0.429. The standard InChI is InChI=1S/C21H29ClN2O3/c22-20-9-8-18(16-21(20)27-15-12-25)17-23-10-4-5-13-26-14-11-24-19-6-2-1-3-7-19/h1-3,6-9,16,23-25H,4-5,10-15,17H2. The topological polar surface area (TPSA) is 62.8 Å². The van der Waals surface area contributed by atoms with E-state index in [4.69, 9.17) is 26.2 Å². The smallest absolute Gasteiger partial charge is 0.138 e. The third-order valence-corrected chi connectivity index (χ3v) is 4.23. The first-order valence-corrected chi connectivity index (χ1v) is 9.77. The van der Waals surface area contributed by atoms with E-state index in [1.807, 2.05) is 48.5 Å². The van der Waals surface area contributed by atoms with E-state index in [2.05, 4.69) is 10.6 Å². The minimum Gasteiger partial charge on any atom is -0.490 e. The summed E-state index contributed by atoms with van der Waals surface area (Å²) in [7, 11) is 0. The van der Waals surface area contributed by atoms with Crippen molar-refractivity contribution in [1.29, 1.82) is 0 Å². The lowest BCUT2D eigenvalue weighted by Gasteiger charge is -2.10. The van der Waals surface area contributed by atoms with Crippen LogP contribution in [0.2, 0.25) is 5.02 Å². The van der Waals surface area contributed by atoms with Crippen LogP contribution in [-0.4, -0.2) is 44.6 Å². The maximum absolute atomic E-state index is 8.84. The van der Waals surface area contributed by atoms with E-state index in [0.717, 1.165) is 50.3 Å². The van der Waals surface area contributed by atoms with Crippen LogP contribution < -0.4 is 15.4 Å². The maximum Gasteiger partial charge on any atom is 0.138 e. The van der Waals surface area contributed by atoms with Crippen LogP contribution in [-0.2, 0) is 11.3 Å². The fourth-order valence-electron chi connectivity index (χ4n) is 2.54. The number of nitrogens with one attached hydrogen (secondary N) is 2. The Hall–Kier alpha value is -1.79. The molecular formula is C21H29ClN2O3. The number of hydrogen-bond acceptors (Lipinski definition) is 5. The van der Waals surface area contributed by atoms with Gasteiger partial charge in [0.2, 0.25) is 0 Å². The second-order valence-electron chi connectivity index (χ2n) is 6.13. The molecule has 0 spiro atoms. The highest BCUT2D eigenvalue weighted by Gasteiger charge is 2.03. The molecule has 0 saturated carbocycles. The summed E-state index contributed by atoms with van der Waals surface area (Å²) in [6.45, 7) is 4.22. The van der Waals surface area contributed by atoms with Gasteiger partial charge in [-0.05, 0) is 49.2 Å². The molecule has 0 bridgehead atoms. The first kappa shape index (κ1) is 21.5. The molecule has 0 aliphatic rings. The van der Waals surface area contributed by atoms with Gasteiger partial charge in [0.15, 0.2) is 0 Å². The van der Waals surface area contributed by atoms with Crippen LogP contribution in [0.15, 0.2) is 48.5 Å². The zero-order valence-electron chi connectivity index (χ0n) is 15.6. The average Bonchev–Trinajstić information content (AvgIpc) is 2.70. The second kappa shape index (κ2) is 13.4. The highest BCUT2D eigenvalue weighted by atomic mass is 35.5. The molecule has 5 nitrogen and oxygen atoms in total. The minimum absolute atomic E-state index is 0.0246. The second-order valence-corrected chi connectivity index (χ2v) is 6.53. The lowest BCUT2D eigenvalue weighted by atomic mass is 10.2. The number of rotatable bonds is 14. The summed E-state index contributed by atoms with van der Waals surface area (Å²) in [4.78, 5) is 0. The highest BCUT2D eigenvalue weighted by Crippen LogP contribution is 2.25. The Balaban J connectivity index is 1.47. The van der Waals surface area contributed by atoms with Gasteiger partial charge < -0.3 is 25.2 Å². The van der Waals surface area contributed by atoms with E-state index >= 15 is 0 Å². The van der Waals surface area contributed by atoms with Crippen LogP contribution in [0, 0.1) is 0 Å². The van der Waals surface area contributed by atoms with Gasteiger partial charge in [0.25, 0.3) is 0 Å². The van der Waals surface area contributed by atoms with Crippen molar-refractivity contribution in [1.82, 2.24) is 5.32 Å². The molecule has 0 atom stereocenters. The van der Waals surface area contributed by atoms with E-state index in [1.165, 1.54) is 0 Å². The molecule has 0 aliphatic carbocycles. The van der Waals surface area contributed by atoms with Gasteiger partial charge in [-0.25, -0.2) is 0 Å². The molecule has 0 aromatic heterocycles. The predicted molar refractivity (Wildman–Crippen MR) is 111 cm³/mol. The van der Waals surface area contributed by atoms with E-state index in [0.29, 0.717) is 17.4 Å². The number of halogens is 1. The Labute approximate surface area is 166 Å². The molecule has 0 heterocycles. The zero-order valence-corrected chi connectivity index (χ0v) is 16.4. The maximum atomic E-state index is 8.84. The van der Waals surface area contributed by atoms with Crippen LogP contribution in [0.3, 0.4) is 0 Å². The number of aliphatic hydroxyl groups is 1. The normalized spacial score (nSPS) is 10.7. The summed E-state index contributed by atoms with van der Waals surface area (Å²) in [6, 6.07) is 15.8. The van der Waals surface area contributed by atoms with Gasteiger partial charge >= 0.3 is 0 Å². The number of para-hydroxylation sites is 1. The summed E-state index contributed by atoms with van der Waals surface area (Å²) >= 11 is 6.08. The molecule has 2 rings (SSSR count). The van der Waals surface area contributed by atoms with Crippen LogP contribution >= 0.6 is 11.6 Å². The van der Waals surface area contributed by atoms with Crippen molar-refractivity contribution in [3.05, 3.63) is 59.1 Å². The monoisotopic (exact) mass is 392 g/mol. The SMILES string of the molecule is OCCOc1cc(CNCCCCOCCNc2ccccc2)ccc1Cl. The Kier molecular flexibility index (Phi) is 10.7. The largest absolute Gasteiger partial charge is 0.490 e. The molecule has 0 amide bonds. The fourth-order valence-corrected chi connectivity index (χ4v) is 2.71. The van der Waals surface area contributed by atoms with Gasteiger partial charge in [-0.1, -0.05) is 35.9 Å². The highest BCUT2D eigenvalue weighted by molar-refractivity contribution is 6.32. The van der Waals surface area contributed by atoms with Crippen molar-refractivity contribution in [3.63, 3.8) is 0 Å². The molecule has 2 aromatic rings. The number of unbranched alkanes of at least 4 members (excludes halogenated alkanes) is 1. The van der Waals surface area contributed by atoms with Gasteiger partial charge in [-0.15, -0.1) is 0 Å². The number of aliphatic hydroxyl groups excluding tert-OH is 1. The molecule has 6 heteroatoms. The quantitative estimate of drug-likeness (QED) is 0.428. The van der Waals surface area contributed by atoms with Gasteiger partial charge in [0.1, 0.15) is 12.4 Å². The molecule has 0 unspecified atom stereocenters.